The summed E-state index contributed by atoms with van der Waals surface area (Å²) in [6.45, 7) is 6.14. The highest BCUT2D eigenvalue weighted by molar-refractivity contribution is 5.91. The van der Waals surface area contributed by atoms with E-state index in [0.717, 1.165) is 66.8 Å². The second-order valence-electron chi connectivity index (χ2n) is 9.95. The average Bonchev–Trinajstić information content (AvgIpc) is 3.35. The third-order valence-electron chi connectivity index (χ3n) is 7.20. The molecule has 1 aliphatic rings. The number of ether oxygens (including phenoxy) is 3. The number of carboxylic acid groups (broad SMARTS) is 1. The van der Waals surface area contributed by atoms with E-state index in [1.165, 1.54) is 6.07 Å². The van der Waals surface area contributed by atoms with E-state index < -0.39 is 5.97 Å². The van der Waals surface area contributed by atoms with E-state index in [1.54, 1.807) is 24.3 Å². The first-order valence-corrected chi connectivity index (χ1v) is 13.9. The van der Waals surface area contributed by atoms with Crippen LogP contribution in [0.2, 0.25) is 0 Å². The van der Waals surface area contributed by atoms with Gasteiger partial charge in [0.1, 0.15) is 34.3 Å². The minimum Gasteiger partial charge on any atom is -0.507 e. The number of carbonyl (C=O) groups is 1. The number of para-hydroxylation sites is 1. The topological polar surface area (TPSA) is 88.5 Å². The molecule has 0 bridgehead atoms. The van der Waals surface area contributed by atoms with E-state index in [9.17, 15) is 15.0 Å². The first-order valence-electron chi connectivity index (χ1n) is 13.9. The molecule has 0 aliphatic carbocycles. The number of nitrogens with zero attached hydrogens (tertiary/aromatic N) is 1. The van der Waals surface area contributed by atoms with Gasteiger partial charge in [-0.15, -0.1) is 0 Å². The molecular formula is C32H39NO6. The number of carboxylic acids is 1. The monoisotopic (exact) mass is 533 g/mol. The van der Waals surface area contributed by atoms with Crippen molar-refractivity contribution in [2.75, 3.05) is 26.8 Å². The zero-order valence-electron chi connectivity index (χ0n) is 23.1. The lowest BCUT2D eigenvalue weighted by atomic mass is 9.99. The average molecular weight is 534 g/mol. The van der Waals surface area contributed by atoms with Gasteiger partial charge in [-0.1, -0.05) is 38.5 Å². The molecule has 1 fully saturated rings. The highest BCUT2D eigenvalue weighted by Crippen LogP contribution is 2.39. The first kappa shape index (κ1) is 28.3. The van der Waals surface area contributed by atoms with Crippen molar-refractivity contribution in [1.82, 2.24) is 4.90 Å². The van der Waals surface area contributed by atoms with Gasteiger partial charge in [-0.05, 0) is 75.2 Å². The molecule has 1 atom stereocenters. The van der Waals surface area contributed by atoms with E-state index in [4.69, 9.17) is 14.2 Å². The summed E-state index contributed by atoms with van der Waals surface area (Å²) >= 11 is 0. The molecule has 0 aromatic heterocycles. The van der Waals surface area contributed by atoms with Gasteiger partial charge in [0.05, 0.1) is 13.2 Å². The molecule has 0 amide bonds. The largest absolute Gasteiger partial charge is 0.507 e. The van der Waals surface area contributed by atoms with Crippen molar-refractivity contribution >= 4 is 5.97 Å². The molecule has 3 aromatic rings. The smallest absolute Gasteiger partial charge is 0.339 e. The molecule has 208 valence electrons. The van der Waals surface area contributed by atoms with Crippen molar-refractivity contribution in [1.29, 1.82) is 0 Å². The highest BCUT2D eigenvalue weighted by atomic mass is 16.5. The van der Waals surface area contributed by atoms with E-state index in [1.807, 2.05) is 18.2 Å². The summed E-state index contributed by atoms with van der Waals surface area (Å²) in [4.78, 5) is 13.9. The zero-order valence-corrected chi connectivity index (χ0v) is 23.1. The van der Waals surface area contributed by atoms with E-state index in [0.29, 0.717) is 36.9 Å². The Balaban J connectivity index is 1.38. The van der Waals surface area contributed by atoms with Crippen molar-refractivity contribution < 1.29 is 29.2 Å². The van der Waals surface area contributed by atoms with Gasteiger partial charge in [-0.2, -0.15) is 0 Å². The number of aromatic carboxylic acids is 1. The van der Waals surface area contributed by atoms with Crippen molar-refractivity contribution in [3.63, 3.8) is 0 Å². The molecular weight excluding hydrogens is 494 g/mol. The first-order chi connectivity index (χ1) is 18.9. The van der Waals surface area contributed by atoms with Crippen LogP contribution in [0.5, 0.6) is 28.7 Å². The second-order valence-corrected chi connectivity index (χ2v) is 9.95. The van der Waals surface area contributed by atoms with Crippen LogP contribution in [0.25, 0.3) is 0 Å². The van der Waals surface area contributed by atoms with E-state index >= 15 is 0 Å². The van der Waals surface area contributed by atoms with Crippen molar-refractivity contribution in [3.8, 4) is 28.7 Å². The zero-order chi connectivity index (χ0) is 27.8. The van der Waals surface area contributed by atoms with Gasteiger partial charge >= 0.3 is 5.97 Å². The van der Waals surface area contributed by atoms with Crippen LogP contribution in [0.15, 0.2) is 54.6 Å². The van der Waals surface area contributed by atoms with Gasteiger partial charge in [-0.25, -0.2) is 4.79 Å². The van der Waals surface area contributed by atoms with Gasteiger partial charge in [0.15, 0.2) is 0 Å². The van der Waals surface area contributed by atoms with Gasteiger partial charge in [0.2, 0.25) is 0 Å². The minimum atomic E-state index is -1.03. The van der Waals surface area contributed by atoms with Crippen LogP contribution in [0.1, 0.15) is 72.6 Å². The predicted octanol–water partition coefficient (Wildman–Crippen LogP) is 7.01. The predicted molar refractivity (Wildman–Crippen MR) is 152 cm³/mol. The minimum absolute atomic E-state index is 0.115. The Morgan fingerprint density at radius 1 is 0.974 bits per heavy atom. The number of rotatable bonds is 13. The number of hydrogen-bond donors (Lipinski definition) is 2. The Labute approximate surface area is 230 Å². The molecule has 3 aromatic carbocycles. The summed E-state index contributed by atoms with van der Waals surface area (Å²) in [6.07, 6.45) is 5.31. The number of likely N-dealkylation sites (tertiary alicyclic amines) is 1. The molecule has 1 saturated heterocycles. The second kappa shape index (κ2) is 13.4. The van der Waals surface area contributed by atoms with E-state index in [2.05, 4.69) is 31.9 Å². The quantitative estimate of drug-likeness (QED) is 0.228. The molecule has 1 unspecified atom stereocenters. The Morgan fingerprint density at radius 3 is 2.38 bits per heavy atom. The maximum absolute atomic E-state index is 11.6. The lowest BCUT2D eigenvalue weighted by Crippen LogP contribution is -2.18. The molecule has 1 aliphatic heterocycles. The fraction of sp³-hybridized carbons (Fsp3) is 0.406. The maximum atomic E-state index is 11.6. The van der Waals surface area contributed by atoms with Gasteiger partial charge in [0, 0.05) is 29.7 Å². The number of phenolic OH excluding ortho intramolecular Hbond substituents is 1. The Kier molecular flexibility index (Phi) is 9.71. The Hall–Kier alpha value is -3.71. The summed E-state index contributed by atoms with van der Waals surface area (Å²) in [5.41, 5.74) is 3.11. The van der Waals surface area contributed by atoms with E-state index in [-0.39, 0.29) is 11.6 Å². The SMILES string of the molecule is CCCc1c(OCCCOc2cc(O)c(C3CCCN3C)cc2CC)cccc1Oc1ccccc1C(=O)O. The fourth-order valence-corrected chi connectivity index (χ4v) is 5.16. The van der Waals surface area contributed by atoms with Crippen molar-refractivity contribution in [3.05, 3.63) is 76.9 Å². The Bertz CT molecular complexity index is 1270. The Morgan fingerprint density at radius 2 is 1.69 bits per heavy atom. The molecule has 0 radical (unpaired) electrons. The number of phenols is 1. The number of hydrogen-bond acceptors (Lipinski definition) is 6. The molecule has 7 nitrogen and oxygen atoms in total. The number of aryl methyl sites for hydroxylation is 1. The third-order valence-corrected chi connectivity index (χ3v) is 7.20. The lowest BCUT2D eigenvalue weighted by molar-refractivity contribution is 0.0694. The molecule has 7 heteroatoms. The van der Waals surface area contributed by atoms with Crippen LogP contribution < -0.4 is 14.2 Å². The standard InChI is InChI=1S/C32H39NO6/c1-4-11-23-28(15-8-16-29(23)39-30-14-7-6-12-24(30)32(35)36)37-18-10-19-38-31-21-27(34)25(20-22(31)5-2)26-13-9-17-33(26)3/h6-8,12,14-16,20-21,26,34H,4-5,9-11,13,17-19H2,1-3H3,(H,35,36). The summed E-state index contributed by atoms with van der Waals surface area (Å²) in [5, 5.41) is 20.2. The molecule has 0 saturated carbocycles. The van der Waals surface area contributed by atoms with Gasteiger partial charge in [0.25, 0.3) is 0 Å². The number of aromatic hydroxyl groups is 1. The highest BCUT2D eigenvalue weighted by Gasteiger charge is 2.26. The van der Waals surface area contributed by atoms with Crippen molar-refractivity contribution in [2.45, 2.75) is 58.4 Å². The normalized spacial score (nSPS) is 15.3. The number of benzene rings is 3. The van der Waals surface area contributed by atoms with Crippen LogP contribution in [-0.4, -0.2) is 47.9 Å². The van der Waals surface area contributed by atoms with Crippen LogP contribution in [-0.2, 0) is 12.8 Å². The molecule has 0 spiro atoms. The summed E-state index contributed by atoms with van der Waals surface area (Å²) in [7, 11) is 2.11. The van der Waals surface area contributed by atoms with Crippen LogP contribution in [0.4, 0.5) is 0 Å². The molecule has 4 rings (SSSR count). The fourth-order valence-electron chi connectivity index (χ4n) is 5.16. The van der Waals surface area contributed by atoms with Crippen LogP contribution in [0.3, 0.4) is 0 Å². The molecule has 2 N–H and O–H groups in total. The molecule has 39 heavy (non-hydrogen) atoms. The summed E-state index contributed by atoms with van der Waals surface area (Å²) in [6, 6.07) is 16.3. The maximum Gasteiger partial charge on any atom is 0.339 e. The third kappa shape index (κ3) is 6.84. The summed E-state index contributed by atoms with van der Waals surface area (Å²) in [5.74, 6) is 1.60. The van der Waals surface area contributed by atoms with Crippen molar-refractivity contribution in [2.24, 2.45) is 0 Å². The lowest BCUT2D eigenvalue weighted by Gasteiger charge is -2.22. The summed E-state index contributed by atoms with van der Waals surface area (Å²) < 4.78 is 18.3. The van der Waals surface area contributed by atoms with Gasteiger partial charge < -0.3 is 24.4 Å². The van der Waals surface area contributed by atoms with Gasteiger partial charge in [-0.3, -0.25) is 4.90 Å². The molecule has 1 heterocycles. The van der Waals surface area contributed by atoms with Crippen LogP contribution >= 0.6 is 0 Å². The van der Waals surface area contributed by atoms with Crippen LogP contribution in [0, 0.1) is 0 Å².